The zero-order valence-corrected chi connectivity index (χ0v) is 8.84. The summed E-state index contributed by atoms with van der Waals surface area (Å²) in [5, 5.41) is 9.50. The van der Waals surface area contributed by atoms with Crippen LogP contribution >= 0.6 is 0 Å². The summed E-state index contributed by atoms with van der Waals surface area (Å²) in [5.41, 5.74) is -1.01. The lowest BCUT2D eigenvalue weighted by Gasteiger charge is -2.38. The second-order valence-corrected chi connectivity index (χ2v) is 6.40. The van der Waals surface area contributed by atoms with Crippen molar-refractivity contribution in [3.8, 4) is 0 Å². The highest BCUT2D eigenvalue weighted by Crippen LogP contribution is 2.33. The summed E-state index contributed by atoms with van der Waals surface area (Å²) >= 11 is 0. The number of hydrogen-bond donors (Lipinski definition) is 1. The van der Waals surface area contributed by atoms with Gasteiger partial charge >= 0.3 is 0 Å². The Balaban J connectivity index is 2.98. The van der Waals surface area contributed by atoms with Gasteiger partial charge in [-0.05, 0) is 13.3 Å². The second kappa shape index (κ2) is 3.10. The fourth-order valence-corrected chi connectivity index (χ4v) is 3.57. The van der Waals surface area contributed by atoms with Crippen LogP contribution in [0.15, 0.2) is 12.7 Å². The van der Waals surface area contributed by atoms with Gasteiger partial charge in [-0.3, -0.25) is 0 Å². The van der Waals surface area contributed by atoms with Gasteiger partial charge in [0, 0.05) is 5.92 Å². The number of aliphatic hydroxyl groups is 1. The molecule has 13 heavy (non-hydrogen) atoms. The molecule has 1 saturated heterocycles. The number of rotatable bonds is 1. The second-order valence-electron chi connectivity index (χ2n) is 3.94. The van der Waals surface area contributed by atoms with Gasteiger partial charge in [0.2, 0.25) is 0 Å². The molecule has 0 aromatic carbocycles. The highest BCUT2D eigenvalue weighted by atomic mass is 32.2. The van der Waals surface area contributed by atoms with Gasteiger partial charge in [-0.2, -0.15) is 0 Å². The van der Waals surface area contributed by atoms with Crippen LogP contribution in [0.25, 0.3) is 0 Å². The van der Waals surface area contributed by atoms with Crippen molar-refractivity contribution in [3.05, 3.63) is 12.7 Å². The van der Waals surface area contributed by atoms with Crippen LogP contribution in [0.3, 0.4) is 0 Å². The van der Waals surface area contributed by atoms with E-state index >= 15 is 0 Å². The lowest BCUT2D eigenvalue weighted by Crippen LogP contribution is -2.48. The molecule has 1 aliphatic rings. The van der Waals surface area contributed by atoms with Crippen LogP contribution in [0.5, 0.6) is 0 Å². The Morgan fingerprint density at radius 2 is 2.08 bits per heavy atom. The van der Waals surface area contributed by atoms with E-state index in [2.05, 4.69) is 6.58 Å². The maximum absolute atomic E-state index is 11.5. The number of sulfone groups is 1. The topological polar surface area (TPSA) is 54.4 Å². The molecule has 1 fully saturated rings. The zero-order chi connectivity index (χ0) is 10.3. The van der Waals surface area contributed by atoms with Crippen LogP contribution in [0.1, 0.15) is 20.3 Å². The van der Waals surface area contributed by atoms with Gasteiger partial charge in [0.1, 0.15) is 0 Å². The molecule has 1 aliphatic heterocycles. The van der Waals surface area contributed by atoms with Crippen LogP contribution in [0, 0.1) is 5.92 Å². The Hall–Kier alpha value is -0.350. The van der Waals surface area contributed by atoms with Crippen LogP contribution < -0.4 is 0 Å². The Labute approximate surface area is 79.4 Å². The van der Waals surface area contributed by atoms with E-state index in [0.29, 0.717) is 0 Å². The van der Waals surface area contributed by atoms with Gasteiger partial charge < -0.3 is 5.11 Å². The molecule has 1 rings (SSSR count). The third kappa shape index (κ3) is 1.79. The van der Waals surface area contributed by atoms with Crippen molar-refractivity contribution in [3.63, 3.8) is 0 Å². The van der Waals surface area contributed by atoms with Gasteiger partial charge in [-0.15, -0.1) is 6.58 Å². The smallest absolute Gasteiger partial charge is 0.153 e. The summed E-state index contributed by atoms with van der Waals surface area (Å²) < 4.78 is 22.9. The average Bonchev–Trinajstić information content (AvgIpc) is 2.01. The molecule has 1 unspecified atom stereocenters. The van der Waals surface area contributed by atoms with Crippen LogP contribution in [-0.4, -0.2) is 30.1 Å². The van der Waals surface area contributed by atoms with Crippen LogP contribution in [0.2, 0.25) is 0 Å². The lowest BCUT2D eigenvalue weighted by molar-refractivity contribution is 0.0310. The molecule has 0 radical (unpaired) electrons. The van der Waals surface area contributed by atoms with Crippen molar-refractivity contribution in [2.45, 2.75) is 31.1 Å². The summed E-state index contributed by atoms with van der Waals surface area (Å²) in [6.07, 6.45) is 1.73. The molecule has 0 aromatic rings. The quantitative estimate of drug-likeness (QED) is 0.641. The zero-order valence-electron chi connectivity index (χ0n) is 8.03. The Morgan fingerprint density at radius 1 is 1.54 bits per heavy atom. The Morgan fingerprint density at radius 3 is 2.54 bits per heavy atom. The fraction of sp³-hybridized carbons (Fsp3) is 0.778. The molecule has 0 bridgehead atoms. The fourth-order valence-electron chi connectivity index (χ4n) is 1.73. The molecular weight excluding hydrogens is 188 g/mol. The number of hydrogen-bond acceptors (Lipinski definition) is 3. The first-order chi connectivity index (χ1) is 5.82. The molecule has 1 N–H and O–H groups in total. The van der Waals surface area contributed by atoms with Gasteiger partial charge in [0.05, 0.1) is 16.6 Å². The molecule has 0 amide bonds. The van der Waals surface area contributed by atoms with Crippen molar-refractivity contribution >= 4 is 9.84 Å². The molecule has 3 nitrogen and oxygen atoms in total. The summed E-state index contributed by atoms with van der Waals surface area (Å²) in [7, 11) is -3.00. The van der Waals surface area contributed by atoms with E-state index in [4.69, 9.17) is 0 Å². The summed E-state index contributed by atoms with van der Waals surface area (Å²) in [6.45, 7) is 6.92. The average molecular weight is 204 g/mol. The normalized spacial score (nSPS) is 44.2. The minimum atomic E-state index is -3.00. The Kier molecular flexibility index (Phi) is 2.56. The van der Waals surface area contributed by atoms with E-state index in [9.17, 15) is 13.5 Å². The van der Waals surface area contributed by atoms with Crippen LogP contribution in [0.4, 0.5) is 0 Å². The molecule has 0 aliphatic carbocycles. The van der Waals surface area contributed by atoms with Crippen molar-refractivity contribution in [2.24, 2.45) is 5.92 Å². The standard InChI is InChI=1S/C9H16O3S/c1-4-9(10)5-8(3)13(11,12)6-7(9)2/h4,7-8,10H,1,5-6H2,2-3H3/t7-,8+,9?/m1/s1. The molecule has 4 heteroatoms. The Bertz CT molecular complexity index is 307. The van der Waals surface area contributed by atoms with E-state index in [1.807, 2.05) is 0 Å². The summed E-state index contributed by atoms with van der Waals surface area (Å²) in [5.74, 6) is -0.206. The molecule has 0 aromatic heterocycles. The minimum Gasteiger partial charge on any atom is -0.385 e. The first-order valence-electron chi connectivity index (χ1n) is 4.39. The molecule has 0 saturated carbocycles. The van der Waals surface area contributed by atoms with E-state index in [1.54, 1.807) is 13.8 Å². The van der Waals surface area contributed by atoms with E-state index in [0.717, 1.165) is 0 Å². The third-order valence-electron chi connectivity index (χ3n) is 2.92. The monoisotopic (exact) mass is 204 g/mol. The molecule has 76 valence electrons. The summed E-state index contributed by atoms with van der Waals surface area (Å²) in [6, 6.07) is 0. The maximum atomic E-state index is 11.5. The molecule has 1 heterocycles. The van der Waals surface area contributed by atoms with E-state index in [1.165, 1.54) is 6.08 Å². The highest BCUT2D eigenvalue weighted by Gasteiger charge is 2.43. The largest absolute Gasteiger partial charge is 0.385 e. The van der Waals surface area contributed by atoms with Gasteiger partial charge in [-0.25, -0.2) is 8.42 Å². The van der Waals surface area contributed by atoms with Crippen molar-refractivity contribution in [1.82, 2.24) is 0 Å². The van der Waals surface area contributed by atoms with E-state index in [-0.39, 0.29) is 18.1 Å². The molecule has 0 spiro atoms. The van der Waals surface area contributed by atoms with E-state index < -0.39 is 20.7 Å². The molecular formula is C9H16O3S. The van der Waals surface area contributed by atoms with Crippen molar-refractivity contribution in [1.29, 1.82) is 0 Å². The van der Waals surface area contributed by atoms with Crippen molar-refractivity contribution in [2.75, 3.05) is 5.75 Å². The maximum Gasteiger partial charge on any atom is 0.153 e. The van der Waals surface area contributed by atoms with Gasteiger partial charge in [0.25, 0.3) is 0 Å². The molecule has 3 atom stereocenters. The van der Waals surface area contributed by atoms with Gasteiger partial charge in [-0.1, -0.05) is 13.0 Å². The van der Waals surface area contributed by atoms with Crippen molar-refractivity contribution < 1.29 is 13.5 Å². The first-order valence-corrected chi connectivity index (χ1v) is 6.11. The highest BCUT2D eigenvalue weighted by molar-refractivity contribution is 7.92. The summed E-state index contributed by atoms with van der Waals surface area (Å²) in [4.78, 5) is 0. The first kappa shape index (κ1) is 10.7. The van der Waals surface area contributed by atoms with Crippen LogP contribution in [-0.2, 0) is 9.84 Å². The van der Waals surface area contributed by atoms with Gasteiger partial charge in [0.15, 0.2) is 9.84 Å². The SMILES string of the molecule is C=CC1(O)C[C@H](C)S(=O)(=O)C[C@H]1C. The third-order valence-corrected chi connectivity index (χ3v) is 5.27. The predicted molar refractivity (Wildman–Crippen MR) is 52.2 cm³/mol. The lowest BCUT2D eigenvalue weighted by atomic mass is 9.85. The minimum absolute atomic E-state index is 0.0523. The predicted octanol–water partition coefficient (Wildman–Crippen LogP) is 0.747.